The van der Waals surface area contributed by atoms with E-state index >= 15 is 0 Å². The van der Waals surface area contributed by atoms with Crippen LogP contribution in [0.1, 0.15) is 10.4 Å². The minimum atomic E-state index is -1.31. The molecule has 98 valence electrons. The van der Waals surface area contributed by atoms with Crippen molar-refractivity contribution < 1.29 is 9.90 Å². The van der Waals surface area contributed by atoms with E-state index in [0.29, 0.717) is 5.69 Å². The first kappa shape index (κ1) is 12.0. The van der Waals surface area contributed by atoms with Crippen molar-refractivity contribution in [2.75, 3.05) is 0 Å². The highest BCUT2D eigenvalue weighted by Crippen LogP contribution is 2.16. The lowest BCUT2D eigenvalue weighted by Crippen LogP contribution is -2.18. The maximum atomic E-state index is 11.6. The normalized spacial score (nSPS) is 10.6. The van der Waals surface area contributed by atoms with Crippen LogP contribution in [0.5, 0.6) is 0 Å². The van der Waals surface area contributed by atoms with Gasteiger partial charge < -0.3 is 10.1 Å². The van der Waals surface area contributed by atoms with E-state index in [4.69, 9.17) is 5.11 Å². The van der Waals surface area contributed by atoms with Crippen molar-refractivity contribution in [2.45, 2.75) is 0 Å². The van der Waals surface area contributed by atoms with Crippen molar-refractivity contribution in [2.24, 2.45) is 0 Å². The second-order valence-electron chi connectivity index (χ2n) is 4.17. The molecule has 6 heteroatoms. The van der Waals surface area contributed by atoms with E-state index in [1.165, 1.54) is 0 Å². The minimum absolute atomic E-state index is 0.241. The summed E-state index contributed by atoms with van der Waals surface area (Å²) in [5.41, 5.74) is 0.166. The number of aromatic carboxylic acids is 1. The number of aromatic amines is 1. The number of nitrogens with one attached hydrogen (secondary N) is 1. The maximum absolute atomic E-state index is 11.6. The van der Waals surface area contributed by atoms with Crippen LogP contribution in [0.2, 0.25) is 0 Å². The van der Waals surface area contributed by atoms with Crippen LogP contribution in [0.15, 0.2) is 47.4 Å². The molecule has 3 aromatic rings. The van der Waals surface area contributed by atoms with Crippen molar-refractivity contribution in [3.05, 3.63) is 58.5 Å². The fourth-order valence-corrected chi connectivity index (χ4v) is 1.88. The maximum Gasteiger partial charge on any atom is 0.342 e. The molecule has 6 nitrogen and oxygen atoms in total. The zero-order chi connectivity index (χ0) is 14.1. The molecule has 3 rings (SSSR count). The van der Waals surface area contributed by atoms with Gasteiger partial charge in [0.15, 0.2) is 5.82 Å². The van der Waals surface area contributed by atoms with Gasteiger partial charge in [0.25, 0.3) is 5.56 Å². The molecular weight excluding hydrogens is 258 g/mol. The third-order valence-corrected chi connectivity index (χ3v) is 2.87. The van der Waals surface area contributed by atoms with Gasteiger partial charge in [0.2, 0.25) is 0 Å². The van der Waals surface area contributed by atoms with Crippen molar-refractivity contribution in [3.8, 4) is 11.5 Å². The number of carboxylic acid groups (broad SMARTS) is 1. The number of pyridine rings is 1. The third kappa shape index (κ3) is 2.03. The van der Waals surface area contributed by atoms with Gasteiger partial charge in [-0.15, -0.1) is 0 Å². The average molecular weight is 267 g/mol. The molecule has 0 saturated carbocycles. The lowest BCUT2D eigenvalue weighted by atomic mass is 10.2. The van der Waals surface area contributed by atoms with Crippen molar-refractivity contribution in [1.82, 2.24) is 15.0 Å². The molecule has 2 N–H and O–H groups in total. The smallest absolute Gasteiger partial charge is 0.342 e. The fourth-order valence-electron chi connectivity index (χ4n) is 1.88. The first-order valence-electron chi connectivity index (χ1n) is 5.84. The molecule has 0 amide bonds. The molecule has 20 heavy (non-hydrogen) atoms. The molecule has 0 aliphatic carbocycles. The topological polar surface area (TPSA) is 95.9 Å². The molecule has 2 heterocycles. The number of benzene rings is 1. The van der Waals surface area contributed by atoms with Crippen molar-refractivity contribution in [1.29, 1.82) is 0 Å². The zero-order valence-electron chi connectivity index (χ0n) is 10.2. The molecule has 0 radical (unpaired) electrons. The monoisotopic (exact) mass is 267 g/mol. The number of carboxylic acids is 1. The Balaban J connectivity index is 2.13. The lowest BCUT2D eigenvalue weighted by molar-refractivity contribution is 0.0694. The SMILES string of the molecule is O=C(O)c1cnc(-c2ccc3ccccc3n2)[nH]c1=O. The Morgan fingerprint density at radius 3 is 2.70 bits per heavy atom. The highest BCUT2D eigenvalue weighted by Gasteiger charge is 2.11. The molecule has 1 aromatic carbocycles. The zero-order valence-corrected chi connectivity index (χ0v) is 10.2. The Hall–Kier alpha value is -3.02. The number of rotatable bonds is 2. The summed E-state index contributed by atoms with van der Waals surface area (Å²) in [5.74, 6) is -1.07. The number of aromatic nitrogens is 3. The van der Waals surface area contributed by atoms with Gasteiger partial charge in [-0.2, -0.15) is 0 Å². The van der Waals surface area contributed by atoms with Gasteiger partial charge in [0.05, 0.1) is 5.52 Å². The molecule has 2 aromatic heterocycles. The number of carbonyl (C=O) groups is 1. The average Bonchev–Trinajstić information content (AvgIpc) is 2.46. The predicted octanol–water partition coefficient (Wildman–Crippen LogP) is 1.68. The second-order valence-corrected chi connectivity index (χ2v) is 4.17. The first-order valence-corrected chi connectivity index (χ1v) is 5.84. The summed E-state index contributed by atoms with van der Waals surface area (Å²) in [7, 11) is 0. The summed E-state index contributed by atoms with van der Waals surface area (Å²) in [5, 5.41) is 9.77. The number of hydrogen-bond acceptors (Lipinski definition) is 4. The molecule has 0 aliphatic rings. The summed E-state index contributed by atoms with van der Waals surface area (Å²) >= 11 is 0. The summed E-state index contributed by atoms with van der Waals surface area (Å²) in [4.78, 5) is 33.1. The molecule has 0 aliphatic heterocycles. The molecule has 0 fully saturated rings. The summed E-state index contributed by atoms with van der Waals surface area (Å²) in [6.45, 7) is 0. The Morgan fingerprint density at radius 2 is 1.95 bits per heavy atom. The van der Waals surface area contributed by atoms with Crippen LogP contribution in [-0.2, 0) is 0 Å². The van der Waals surface area contributed by atoms with Gasteiger partial charge in [-0.3, -0.25) is 4.79 Å². The van der Waals surface area contributed by atoms with E-state index in [1.54, 1.807) is 6.07 Å². The quantitative estimate of drug-likeness (QED) is 0.736. The second kappa shape index (κ2) is 4.58. The molecule has 0 unspecified atom stereocenters. The Labute approximate surface area is 112 Å². The molecule has 0 bridgehead atoms. The van der Waals surface area contributed by atoms with Crippen molar-refractivity contribution >= 4 is 16.9 Å². The van der Waals surface area contributed by atoms with Crippen LogP contribution in [0.25, 0.3) is 22.4 Å². The van der Waals surface area contributed by atoms with Crippen LogP contribution in [0, 0.1) is 0 Å². The largest absolute Gasteiger partial charge is 0.477 e. The highest BCUT2D eigenvalue weighted by molar-refractivity contribution is 5.87. The van der Waals surface area contributed by atoms with Crippen molar-refractivity contribution in [3.63, 3.8) is 0 Å². The molecule has 0 atom stereocenters. The van der Waals surface area contributed by atoms with Crippen LogP contribution in [-0.4, -0.2) is 26.0 Å². The predicted molar refractivity (Wildman–Crippen MR) is 72.6 cm³/mol. The van der Waals surface area contributed by atoms with Gasteiger partial charge in [-0.25, -0.2) is 14.8 Å². The Bertz CT molecular complexity index is 871. The first-order chi connectivity index (χ1) is 9.65. The standard InChI is InChI=1S/C14H9N3O3/c18-13-9(14(19)20)7-15-12(17-13)11-6-5-8-3-1-2-4-10(8)16-11/h1-7H,(H,19,20)(H,15,17,18). The van der Waals surface area contributed by atoms with E-state index in [-0.39, 0.29) is 5.82 Å². The van der Waals surface area contributed by atoms with E-state index in [2.05, 4.69) is 15.0 Å². The number of nitrogens with zero attached hydrogens (tertiary/aromatic N) is 2. The number of fused-ring (bicyclic) bond motifs is 1. The fraction of sp³-hybridized carbons (Fsp3) is 0. The van der Waals surface area contributed by atoms with Gasteiger partial charge in [-0.05, 0) is 12.1 Å². The lowest BCUT2D eigenvalue weighted by Gasteiger charge is -2.02. The molecule has 0 saturated heterocycles. The summed E-state index contributed by atoms with van der Waals surface area (Å²) < 4.78 is 0. The van der Waals surface area contributed by atoms with E-state index in [0.717, 1.165) is 17.1 Å². The van der Waals surface area contributed by atoms with Crippen LogP contribution in [0.4, 0.5) is 0 Å². The van der Waals surface area contributed by atoms with Gasteiger partial charge in [0, 0.05) is 11.6 Å². The van der Waals surface area contributed by atoms with Gasteiger partial charge in [0.1, 0.15) is 11.3 Å². The minimum Gasteiger partial charge on any atom is -0.477 e. The summed E-state index contributed by atoms with van der Waals surface area (Å²) in [6, 6.07) is 11.1. The van der Waals surface area contributed by atoms with Crippen LogP contribution in [0.3, 0.4) is 0 Å². The number of H-pyrrole nitrogens is 1. The van der Waals surface area contributed by atoms with Crippen LogP contribution < -0.4 is 5.56 Å². The van der Waals surface area contributed by atoms with E-state index in [9.17, 15) is 9.59 Å². The summed E-state index contributed by atoms with van der Waals surface area (Å²) in [6.07, 6.45) is 1.04. The molecular formula is C14H9N3O3. The van der Waals surface area contributed by atoms with Gasteiger partial charge >= 0.3 is 5.97 Å². The Morgan fingerprint density at radius 1 is 1.15 bits per heavy atom. The van der Waals surface area contributed by atoms with Crippen LogP contribution >= 0.6 is 0 Å². The number of para-hydroxylation sites is 1. The van der Waals surface area contributed by atoms with Gasteiger partial charge in [-0.1, -0.05) is 24.3 Å². The molecule has 0 spiro atoms. The number of hydrogen-bond donors (Lipinski definition) is 2. The van der Waals surface area contributed by atoms with E-state index < -0.39 is 17.1 Å². The third-order valence-electron chi connectivity index (χ3n) is 2.87. The Kier molecular flexibility index (Phi) is 2.76. The van der Waals surface area contributed by atoms with E-state index in [1.807, 2.05) is 30.3 Å². The highest BCUT2D eigenvalue weighted by atomic mass is 16.4.